The van der Waals surface area contributed by atoms with E-state index in [1.165, 1.54) is 6.07 Å². The predicted molar refractivity (Wildman–Crippen MR) is 113 cm³/mol. The van der Waals surface area contributed by atoms with Gasteiger partial charge in [0.15, 0.2) is 4.34 Å². The third kappa shape index (κ3) is 4.76. The monoisotopic (exact) mass is 497 g/mol. The normalized spacial score (nSPS) is 11.6. The summed E-state index contributed by atoms with van der Waals surface area (Å²) in [7, 11) is 0. The molecular weight excluding hydrogens is 487 g/mol. The maximum atomic E-state index is 13.5. The molecule has 0 spiro atoms. The van der Waals surface area contributed by atoms with E-state index in [1.807, 2.05) is 0 Å². The summed E-state index contributed by atoms with van der Waals surface area (Å²) in [5.74, 6) is -0.0968. The number of hydrogen-bond donors (Lipinski definition) is 1. The quantitative estimate of drug-likeness (QED) is 0.359. The summed E-state index contributed by atoms with van der Waals surface area (Å²) >= 11 is 7.92. The first-order chi connectivity index (χ1) is 15.2. The van der Waals surface area contributed by atoms with E-state index in [-0.39, 0.29) is 21.9 Å². The molecule has 32 heavy (non-hydrogen) atoms. The van der Waals surface area contributed by atoms with Gasteiger partial charge >= 0.3 is 6.18 Å². The Morgan fingerprint density at radius 1 is 1.16 bits per heavy atom. The van der Waals surface area contributed by atoms with Gasteiger partial charge in [0.1, 0.15) is 5.01 Å². The van der Waals surface area contributed by atoms with Crippen LogP contribution in [0, 0.1) is 0 Å². The number of carbonyl (C=O) groups excluding carboxylic acids is 1. The summed E-state index contributed by atoms with van der Waals surface area (Å²) in [5, 5.41) is 12.2. The van der Waals surface area contributed by atoms with Crippen LogP contribution in [0.5, 0.6) is 0 Å². The molecule has 4 rings (SSSR count). The number of rotatable bonds is 6. The van der Waals surface area contributed by atoms with Crippen LogP contribution < -0.4 is 5.73 Å². The molecule has 2 aromatic heterocycles. The highest BCUT2D eigenvalue weighted by Gasteiger charge is 2.36. The Labute approximate surface area is 191 Å². The Bertz CT molecular complexity index is 1270. The minimum Gasteiger partial charge on any atom is -0.366 e. The molecule has 7 nitrogen and oxygen atoms in total. The molecule has 13 heteroatoms. The predicted octanol–water partition coefficient (Wildman–Crippen LogP) is 5.32. The van der Waals surface area contributed by atoms with Gasteiger partial charge in [-0.3, -0.25) is 4.79 Å². The molecule has 2 N–H and O–H groups in total. The van der Waals surface area contributed by atoms with Gasteiger partial charge in [0, 0.05) is 16.1 Å². The van der Waals surface area contributed by atoms with E-state index in [9.17, 15) is 18.0 Å². The summed E-state index contributed by atoms with van der Waals surface area (Å²) in [6.07, 6.45) is -4.69. The van der Waals surface area contributed by atoms with Crippen LogP contribution in [0.1, 0.15) is 21.8 Å². The fourth-order valence-electron chi connectivity index (χ4n) is 2.75. The zero-order valence-electron chi connectivity index (χ0n) is 15.8. The third-order valence-electron chi connectivity index (χ3n) is 4.15. The molecule has 4 aromatic rings. The van der Waals surface area contributed by atoms with Gasteiger partial charge in [-0.05, 0) is 36.4 Å². The average molecular weight is 498 g/mol. The van der Waals surface area contributed by atoms with Crippen LogP contribution in [-0.2, 0) is 11.9 Å². The molecular formula is C19H11ClF3N5O2S2. The van der Waals surface area contributed by atoms with Crippen molar-refractivity contribution in [3.8, 4) is 22.0 Å². The second kappa shape index (κ2) is 8.88. The number of amides is 1. The Morgan fingerprint density at radius 3 is 2.59 bits per heavy atom. The van der Waals surface area contributed by atoms with Crippen molar-refractivity contribution >= 4 is 40.6 Å². The zero-order valence-corrected chi connectivity index (χ0v) is 18.1. The van der Waals surface area contributed by atoms with E-state index in [1.54, 1.807) is 24.3 Å². The summed E-state index contributed by atoms with van der Waals surface area (Å²) in [6.45, 7) is 0. The molecule has 0 atom stereocenters. The van der Waals surface area contributed by atoms with Gasteiger partial charge in [0.2, 0.25) is 17.6 Å². The van der Waals surface area contributed by atoms with Crippen LogP contribution in [0.4, 0.5) is 13.2 Å². The lowest BCUT2D eigenvalue weighted by Gasteiger charge is -2.13. The highest BCUT2D eigenvalue weighted by atomic mass is 35.5. The van der Waals surface area contributed by atoms with Gasteiger partial charge in [-0.2, -0.15) is 18.2 Å². The van der Waals surface area contributed by atoms with Gasteiger partial charge in [-0.25, -0.2) is 0 Å². The smallest absolute Gasteiger partial charge is 0.366 e. The molecule has 0 saturated carbocycles. The van der Waals surface area contributed by atoms with Crippen molar-refractivity contribution < 1.29 is 22.5 Å². The first kappa shape index (κ1) is 22.2. The number of benzene rings is 2. The lowest BCUT2D eigenvalue weighted by Crippen LogP contribution is -2.16. The number of hydrogen-bond acceptors (Lipinski definition) is 8. The van der Waals surface area contributed by atoms with Crippen molar-refractivity contribution in [1.29, 1.82) is 0 Å². The molecule has 0 fully saturated rings. The van der Waals surface area contributed by atoms with Crippen molar-refractivity contribution in [1.82, 2.24) is 20.3 Å². The van der Waals surface area contributed by atoms with Crippen molar-refractivity contribution in [3.05, 3.63) is 64.5 Å². The van der Waals surface area contributed by atoms with Crippen LogP contribution in [0.25, 0.3) is 22.0 Å². The van der Waals surface area contributed by atoms with Gasteiger partial charge < -0.3 is 10.3 Å². The molecule has 0 aliphatic rings. The van der Waals surface area contributed by atoms with Gasteiger partial charge in [0.05, 0.1) is 16.9 Å². The molecule has 0 aliphatic carbocycles. The number of carbonyl (C=O) groups is 1. The molecule has 0 saturated heterocycles. The maximum absolute atomic E-state index is 13.5. The third-order valence-corrected chi connectivity index (χ3v) is 6.46. The Kier molecular flexibility index (Phi) is 6.17. The van der Waals surface area contributed by atoms with Crippen molar-refractivity contribution in [3.63, 3.8) is 0 Å². The summed E-state index contributed by atoms with van der Waals surface area (Å²) < 4.78 is 46.0. The van der Waals surface area contributed by atoms with E-state index < -0.39 is 17.6 Å². The van der Waals surface area contributed by atoms with Crippen LogP contribution in [0.2, 0.25) is 5.02 Å². The summed E-state index contributed by atoms with van der Waals surface area (Å²) in [6, 6.07) is 10.1. The zero-order chi connectivity index (χ0) is 22.9. The lowest BCUT2D eigenvalue weighted by molar-refractivity contribution is -0.137. The van der Waals surface area contributed by atoms with Gasteiger partial charge in [0.25, 0.3) is 0 Å². The molecule has 0 bridgehead atoms. The van der Waals surface area contributed by atoms with Crippen molar-refractivity contribution in [2.24, 2.45) is 5.73 Å². The number of nitrogens with two attached hydrogens (primary N) is 1. The van der Waals surface area contributed by atoms with Crippen LogP contribution in [-0.4, -0.2) is 26.2 Å². The number of primary amides is 1. The number of thioether (sulfide) groups is 1. The SMILES string of the molecule is NC(=O)c1cccc(C(F)(F)F)c1-c1nnc(SCc2nc(-c3ccc(Cl)cc3)no2)s1. The number of aromatic nitrogens is 4. The Morgan fingerprint density at radius 2 is 1.91 bits per heavy atom. The van der Waals surface area contributed by atoms with Crippen LogP contribution >= 0.6 is 34.7 Å². The second-order valence-electron chi connectivity index (χ2n) is 6.27. The number of nitrogens with zero attached hydrogens (tertiary/aromatic N) is 4. The van der Waals surface area contributed by atoms with E-state index in [4.69, 9.17) is 21.9 Å². The maximum Gasteiger partial charge on any atom is 0.417 e. The molecule has 0 unspecified atom stereocenters. The minimum absolute atomic E-state index is 0.0680. The highest BCUT2D eigenvalue weighted by molar-refractivity contribution is 8.00. The standard InChI is InChI=1S/C19H11ClF3N5O2S2/c20-10-6-4-9(5-7-10)16-25-13(30-28-16)8-31-18-27-26-17(32-18)14-11(15(24)29)2-1-3-12(14)19(21,22)23/h1-7H,8H2,(H2,24,29). The summed E-state index contributed by atoms with van der Waals surface area (Å²) in [5.41, 5.74) is 4.31. The highest BCUT2D eigenvalue weighted by Crippen LogP contribution is 2.41. The molecule has 2 heterocycles. The summed E-state index contributed by atoms with van der Waals surface area (Å²) in [4.78, 5) is 16.0. The average Bonchev–Trinajstić information content (AvgIpc) is 3.41. The first-order valence-electron chi connectivity index (χ1n) is 8.77. The largest absolute Gasteiger partial charge is 0.417 e. The molecule has 2 aromatic carbocycles. The van der Waals surface area contributed by atoms with E-state index in [0.29, 0.717) is 21.1 Å². The second-order valence-corrected chi connectivity index (χ2v) is 8.91. The molecule has 1 amide bonds. The Balaban J connectivity index is 1.55. The fraction of sp³-hybridized carbons (Fsp3) is 0.105. The van der Waals surface area contributed by atoms with Crippen molar-refractivity contribution in [2.75, 3.05) is 0 Å². The molecule has 0 radical (unpaired) electrons. The van der Waals surface area contributed by atoms with E-state index >= 15 is 0 Å². The van der Waals surface area contributed by atoms with E-state index in [0.717, 1.165) is 40.8 Å². The fourth-order valence-corrected chi connectivity index (χ4v) is 4.64. The lowest BCUT2D eigenvalue weighted by atomic mass is 10.0. The molecule has 164 valence electrons. The number of halogens is 4. The van der Waals surface area contributed by atoms with Crippen LogP contribution in [0.3, 0.4) is 0 Å². The topological polar surface area (TPSA) is 108 Å². The van der Waals surface area contributed by atoms with Gasteiger partial charge in [-0.15, -0.1) is 10.2 Å². The van der Waals surface area contributed by atoms with E-state index in [2.05, 4.69) is 20.3 Å². The first-order valence-corrected chi connectivity index (χ1v) is 11.0. The Hall–Kier alpha value is -2.96. The van der Waals surface area contributed by atoms with Crippen molar-refractivity contribution in [2.45, 2.75) is 16.3 Å². The van der Waals surface area contributed by atoms with Gasteiger partial charge in [-0.1, -0.05) is 45.9 Å². The minimum atomic E-state index is -4.69. The number of alkyl halides is 3. The van der Waals surface area contributed by atoms with Crippen LogP contribution in [0.15, 0.2) is 51.3 Å². The molecule has 0 aliphatic heterocycles.